The number of carboxylic acid groups (broad SMARTS) is 1. The summed E-state index contributed by atoms with van der Waals surface area (Å²) in [6.07, 6.45) is 5.05. The van der Waals surface area contributed by atoms with Crippen LogP contribution in [0.3, 0.4) is 0 Å². The van der Waals surface area contributed by atoms with E-state index in [0.717, 1.165) is 17.0 Å². The molecule has 1 rings (SSSR count). The second-order valence-electron chi connectivity index (χ2n) is 3.69. The van der Waals surface area contributed by atoms with Crippen LogP contribution in [0.25, 0.3) is 0 Å². The molecular formula is C13H10FN3O3. The molecule has 0 spiro atoms. The number of rotatable bonds is 4. The van der Waals surface area contributed by atoms with Crippen LogP contribution in [0.1, 0.15) is 5.56 Å². The summed E-state index contributed by atoms with van der Waals surface area (Å²) in [4.78, 5) is 23.3. The minimum Gasteiger partial charge on any atom is -0.480 e. The summed E-state index contributed by atoms with van der Waals surface area (Å²) >= 11 is 0. The maximum absolute atomic E-state index is 12.9. The van der Waals surface area contributed by atoms with Crippen LogP contribution < -0.4 is 5.32 Å². The summed E-state index contributed by atoms with van der Waals surface area (Å²) in [5.74, 6) is 0.308. The van der Waals surface area contributed by atoms with E-state index in [1.807, 2.05) is 0 Å². The maximum atomic E-state index is 12.9. The Morgan fingerprint density at radius 1 is 1.50 bits per heavy atom. The number of benzene rings is 1. The minimum atomic E-state index is -1.23. The van der Waals surface area contributed by atoms with Crippen LogP contribution in [-0.2, 0) is 4.79 Å². The topological polar surface area (TPSA) is 93.4 Å². The average molecular weight is 275 g/mol. The lowest BCUT2D eigenvalue weighted by Gasteiger charge is -2.19. The predicted octanol–water partition coefficient (Wildman–Crippen LogP) is 1.25. The van der Waals surface area contributed by atoms with E-state index in [9.17, 15) is 14.0 Å². The molecule has 0 radical (unpaired) electrons. The highest BCUT2D eigenvalue weighted by Gasteiger charge is 2.17. The summed E-state index contributed by atoms with van der Waals surface area (Å²) in [5.41, 5.74) is 0.000595. The Balaban J connectivity index is 2.91. The molecule has 20 heavy (non-hydrogen) atoms. The molecule has 0 fully saturated rings. The second-order valence-corrected chi connectivity index (χ2v) is 3.69. The Bertz CT molecular complexity index is 616. The zero-order valence-corrected chi connectivity index (χ0v) is 10.3. The number of halogens is 1. The van der Waals surface area contributed by atoms with Gasteiger partial charge in [0.15, 0.2) is 0 Å². The van der Waals surface area contributed by atoms with Gasteiger partial charge in [0.05, 0.1) is 17.8 Å². The van der Waals surface area contributed by atoms with Crippen molar-refractivity contribution in [1.29, 1.82) is 5.26 Å². The van der Waals surface area contributed by atoms with Gasteiger partial charge in [0.25, 0.3) is 0 Å². The molecule has 0 aromatic heterocycles. The van der Waals surface area contributed by atoms with Crippen LogP contribution >= 0.6 is 0 Å². The number of urea groups is 1. The van der Waals surface area contributed by atoms with E-state index in [4.69, 9.17) is 16.8 Å². The SMILES string of the molecule is C#CCN(CC(=O)O)C(=O)Nc1ccc(F)cc1C#N. The van der Waals surface area contributed by atoms with E-state index in [-0.39, 0.29) is 17.8 Å². The van der Waals surface area contributed by atoms with Crippen molar-refractivity contribution in [3.05, 3.63) is 29.6 Å². The second kappa shape index (κ2) is 6.76. The van der Waals surface area contributed by atoms with E-state index in [0.29, 0.717) is 0 Å². The molecule has 2 amide bonds. The van der Waals surface area contributed by atoms with Gasteiger partial charge in [0, 0.05) is 0 Å². The summed E-state index contributed by atoms with van der Waals surface area (Å²) in [6.45, 7) is -0.791. The van der Waals surface area contributed by atoms with Crippen molar-refractivity contribution < 1.29 is 19.1 Å². The van der Waals surface area contributed by atoms with Gasteiger partial charge in [-0.05, 0) is 18.2 Å². The van der Waals surface area contributed by atoms with Gasteiger partial charge in [-0.15, -0.1) is 6.42 Å². The number of hydrogen-bond donors (Lipinski definition) is 2. The molecule has 1 aromatic carbocycles. The number of nitrogens with zero attached hydrogens (tertiary/aromatic N) is 2. The Labute approximate surface area is 114 Å². The molecule has 0 saturated carbocycles. The van der Waals surface area contributed by atoms with Crippen LogP contribution in [0.2, 0.25) is 0 Å². The van der Waals surface area contributed by atoms with Crippen molar-refractivity contribution in [2.24, 2.45) is 0 Å². The van der Waals surface area contributed by atoms with Crippen LogP contribution in [0.4, 0.5) is 14.9 Å². The zero-order chi connectivity index (χ0) is 15.1. The number of anilines is 1. The van der Waals surface area contributed by atoms with E-state index >= 15 is 0 Å². The first kappa shape index (κ1) is 15.0. The monoisotopic (exact) mass is 275 g/mol. The van der Waals surface area contributed by atoms with Gasteiger partial charge in [0.2, 0.25) is 0 Å². The number of carboxylic acids is 1. The first-order valence-corrected chi connectivity index (χ1v) is 5.38. The molecule has 0 bridgehead atoms. The predicted molar refractivity (Wildman–Crippen MR) is 68.2 cm³/mol. The third-order valence-electron chi connectivity index (χ3n) is 2.24. The molecule has 0 aliphatic rings. The standard InChI is InChI=1S/C13H10FN3O3/c1-2-5-17(8-12(18)19)13(20)16-11-4-3-10(14)6-9(11)7-15/h1,3-4,6H,5,8H2,(H,16,20)(H,18,19). The Morgan fingerprint density at radius 2 is 2.20 bits per heavy atom. The van der Waals surface area contributed by atoms with Gasteiger partial charge in [0.1, 0.15) is 18.4 Å². The lowest BCUT2D eigenvalue weighted by Crippen LogP contribution is -2.39. The van der Waals surface area contributed by atoms with Gasteiger partial charge in [-0.25, -0.2) is 9.18 Å². The maximum Gasteiger partial charge on any atom is 0.323 e. The molecule has 0 aliphatic carbocycles. The normalized spacial score (nSPS) is 9.15. The fraction of sp³-hybridized carbons (Fsp3) is 0.154. The number of nitrogens with one attached hydrogen (secondary N) is 1. The molecule has 2 N–H and O–H groups in total. The third-order valence-corrected chi connectivity index (χ3v) is 2.24. The van der Waals surface area contributed by atoms with Gasteiger partial charge < -0.3 is 15.3 Å². The smallest absolute Gasteiger partial charge is 0.323 e. The van der Waals surface area contributed by atoms with Crippen molar-refractivity contribution in [2.75, 3.05) is 18.4 Å². The van der Waals surface area contributed by atoms with Crippen LogP contribution in [0.5, 0.6) is 0 Å². The number of nitriles is 1. The van der Waals surface area contributed by atoms with Gasteiger partial charge >= 0.3 is 12.0 Å². The largest absolute Gasteiger partial charge is 0.480 e. The summed E-state index contributed by atoms with van der Waals surface area (Å²) < 4.78 is 12.9. The van der Waals surface area contributed by atoms with Gasteiger partial charge in [-0.2, -0.15) is 5.26 Å². The average Bonchev–Trinajstić information content (AvgIpc) is 2.39. The van der Waals surface area contributed by atoms with Crippen molar-refractivity contribution in [2.45, 2.75) is 0 Å². The number of carbonyl (C=O) groups is 2. The fourth-order valence-electron chi connectivity index (χ4n) is 1.39. The van der Waals surface area contributed by atoms with Crippen molar-refractivity contribution >= 4 is 17.7 Å². The first-order valence-electron chi connectivity index (χ1n) is 5.38. The molecule has 0 unspecified atom stereocenters. The van der Waals surface area contributed by atoms with Gasteiger partial charge in [-0.1, -0.05) is 5.92 Å². The zero-order valence-electron chi connectivity index (χ0n) is 10.3. The summed E-state index contributed by atoms with van der Waals surface area (Å²) in [6, 6.07) is 4.17. The number of amides is 2. The van der Waals surface area contributed by atoms with E-state index in [1.165, 1.54) is 6.07 Å². The fourth-order valence-corrected chi connectivity index (χ4v) is 1.39. The molecular weight excluding hydrogens is 265 g/mol. The lowest BCUT2D eigenvalue weighted by atomic mass is 10.2. The van der Waals surface area contributed by atoms with Crippen molar-refractivity contribution in [1.82, 2.24) is 4.90 Å². The lowest BCUT2D eigenvalue weighted by molar-refractivity contribution is -0.137. The molecule has 6 nitrogen and oxygen atoms in total. The molecule has 1 aromatic rings. The Morgan fingerprint density at radius 3 is 2.75 bits per heavy atom. The van der Waals surface area contributed by atoms with E-state index in [2.05, 4.69) is 11.2 Å². The number of hydrogen-bond acceptors (Lipinski definition) is 3. The number of aliphatic carboxylic acids is 1. The Hall–Kier alpha value is -3.06. The van der Waals surface area contributed by atoms with E-state index in [1.54, 1.807) is 6.07 Å². The molecule has 7 heteroatoms. The highest BCUT2D eigenvalue weighted by atomic mass is 19.1. The highest BCUT2D eigenvalue weighted by Crippen LogP contribution is 2.16. The van der Waals surface area contributed by atoms with Gasteiger partial charge in [-0.3, -0.25) is 4.79 Å². The molecule has 0 heterocycles. The quantitative estimate of drug-likeness (QED) is 0.809. The van der Waals surface area contributed by atoms with Crippen molar-refractivity contribution in [3.8, 4) is 18.4 Å². The molecule has 0 atom stereocenters. The number of terminal acetylenes is 1. The summed E-state index contributed by atoms with van der Waals surface area (Å²) in [5, 5.41) is 19.8. The third kappa shape index (κ3) is 4.00. The Kier molecular flexibility index (Phi) is 5.07. The first-order chi connectivity index (χ1) is 9.47. The van der Waals surface area contributed by atoms with Crippen LogP contribution in [0.15, 0.2) is 18.2 Å². The molecule has 102 valence electrons. The molecule has 0 saturated heterocycles. The van der Waals surface area contributed by atoms with Crippen LogP contribution in [0, 0.1) is 29.5 Å². The van der Waals surface area contributed by atoms with Crippen molar-refractivity contribution in [3.63, 3.8) is 0 Å². The minimum absolute atomic E-state index is 0.0747. The molecule has 0 aliphatic heterocycles. The van der Waals surface area contributed by atoms with Crippen LogP contribution in [-0.4, -0.2) is 35.1 Å². The highest BCUT2D eigenvalue weighted by molar-refractivity contribution is 5.92. The number of carbonyl (C=O) groups excluding carboxylic acids is 1. The van der Waals surface area contributed by atoms with E-state index < -0.39 is 24.4 Å². The summed E-state index contributed by atoms with van der Waals surface area (Å²) in [7, 11) is 0.